The number of carbonyl (C=O) groups is 1. The van der Waals surface area contributed by atoms with Crippen molar-refractivity contribution in [2.75, 3.05) is 26.3 Å². The average Bonchev–Trinajstić information content (AvgIpc) is 2.41. The molecule has 1 aromatic carbocycles. The monoisotopic (exact) mass is 247 g/mol. The first-order chi connectivity index (χ1) is 8.60. The fourth-order valence-corrected chi connectivity index (χ4v) is 2.30. The number of ketones is 1. The summed E-state index contributed by atoms with van der Waals surface area (Å²) in [5, 5.41) is 0. The van der Waals surface area contributed by atoms with Gasteiger partial charge in [-0.05, 0) is 19.4 Å². The summed E-state index contributed by atoms with van der Waals surface area (Å²) in [6, 6.07) is 9.94. The highest BCUT2D eigenvalue weighted by molar-refractivity contribution is 5.89. The fraction of sp³-hybridized carbons (Fsp3) is 0.533. The van der Waals surface area contributed by atoms with Crippen LogP contribution in [0.5, 0.6) is 0 Å². The summed E-state index contributed by atoms with van der Waals surface area (Å²) < 4.78 is 5.34. The topological polar surface area (TPSA) is 29.5 Å². The van der Waals surface area contributed by atoms with E-state index in [0.717, 1.165) is 31.9 Å². The van der Waals surface area contributed by atoms with Gasteiger partial charge in [0.1, 0.15) is 0 Å². The average molecular weight is 247 g/mol. The van der Waals surface area contributed by atoms with Crippen LogP contribution in [0.1, 0.15) is 19.4 Å². The Balaban J connectivity index is 2.02. The molecule has 1 fully saturated rings. The van der Waals surface area contributed by atoms with E-state index >= 15 is 0 Å². The van der Waals surface area contributed by atoms with Gasteiger partial charge in [0.25, 0.3) is 0 Å². The molecule has 3 nitrogen and oxygen atoms in total. The molecule has 0 bridgehead atoms. The van der Waals surface area contributed by atoms with Crippen molar-refractivity contribution in [3.8, 4) is 0 Å². The van der Waals surface area contributed by atoms with E-state index in [0.29, 0.717) is 6.42 Å². The van der Waals surface area contributed by atoms with Crippen LogP contribution in [-0.4, -0.2) is 42.5 Å². The predicted molar refractivity (Wildman–Crippen MR) is 71.6 cm³/mol. The van der Waals surface area contributed by atoms with Gasteiger partial charge in [0, 0.05) is 19.5 Å². The molecule has 2 rings (SSSR count). The fourth-order valence-electron chi connectivity index (χ4n) is 2.30. The molecule has 1 aliphatic rings. The molecule has 0 radical (unpaired) electrons. The molecule has 0 aromatic heterocycles. The molecule has 98 valence electrons. The molecule has 0 amide bonds. The van der Waals surface area contributed by atoms with Crippen LogP contribution < -0.4 is 0 Å². The molecule has 0 spiro atoms. The summed E-state index contributed by atoms with van der Waals surface area (Å²) in [6.45, 7) is 7.17. The molecule has 0 saturated carbocycles. The van der Waals surface area contributed by atoms with E-state index in [1.54, 1.807) is 0 Å². The Hall–Kier alpha value is -1.19. The Labute approximate surface area is 109 Å². The summed E-state index contributed by atoms with van der Waals surface area (Å²) in [6.07, 6.45) is 0.505. The predicted octanol–water partition coefficient (Wildman–Crippen LogP) is 1.91. The number of benzene rings is 1. The van der Waals surface area contributed by atoms with E-state index in [1.165, 1.54) is 0 Å². The van der Waals surface area contributed by atoms with Gasteiger partial charge >= 0.3 is 0 Å². The molecule has 3 heteroatoms. The Morgan fingerprint density at radius 2 is 1.83 bits per heavy atom. The zero-order valence-electron chi connectivity index (χ0n) is 11.2. The number of hydrogen-bond acceptors (Lipinski definition) is 3. The van der Waals surface area contributed by atoms with E-state index < -0.39 is 5.54 Å². The lowest BCUT2D eigenvalue weighted by molar-refractivity contribution is -0.131. The third kappa shape index (κ3) is 2.98. The first-order valence-electron chi connectivity index (χ1n) is 6.51. The summed E-state index contributed by atoms with van der Waals surface area (Å²) in [5.41, 5.74) is 0.684. The van der Waals surface area contributed by atoms with E-state index in [-0.39, 0.29) is 5.78 Å². The summed E-state index contributed by atoms with van der Waals surface area (Å²) in [5.74, 6) is 0.274. The van der Waals surface area contributed by atoms with Crippen LogP contribution in [0.25, 0.3) is 0 Å². The lowest BCUT2D eigenvalue weighted by atomic mass is 9.91. The van der Waals surface area contributed by atoms with Gasteiger partial charge in [-0.1, -0.05) is 30.3 Å². The highest BCUT2D eigenvalue weighted by Gasteiger charge is 2.34. The Bertz CT molecular complexity index is 394. The van der Waals surface area contributed by atoms with Gasteiger partial charge in [-0.15, -0.1) is 0 Å². The molecule has 0 unspecified atom stereocenters. The SMILES string of the molecule is CC(C)(C(=O)Cc1ccccc1)N1CCOCC1. The van der Waals surface area contributed by atoms with Crippen LogP contribution in [0.15, 0.2) is 30.3 Å². The molecule has 1 heterocycles. The number of rotatable bonds is 4. The van der Waals surface area contributed by atoms with Crippen molar-refractivity contribution in [1.82, 2.24) is 4.90 Å². The molecule has 0 N–H and O–H groups in total. The second-order valence-electron chi connectivity index (χ2n) is 5.24. The zero-order valence-corrected chi connectivity index (χ0v) is 11.2. The minimum absolute atomic E-state index is 0.274. The normalized spacial score (nSPS) is 17.7. The number of hydrogen-bond donors (Lipinski definition) is 0. The highest BCUT2D eigenvalue weighted by Crippen LogP contribution is 2.19. The Morgan fingerprint density at radius 3 is 2.44 bits per heavy atom. The standard InChI is InChI=1S/C15H21NO2/c1-15(2,16-8-10-18-11-9-16)14(17)12-13-6-4-3-5-7-13/h3-7H,8-12H2,1-2H3. The van der Waals surface area contributed by atoms with Crippen molar-refractivity contribution in [2.24, 2.45) is 0 Å². The molecule has 0 atom stereocenters. The Kier molecular flexibility index (Phi) is 4.15. The smallest absolute Gasteiger partial charge is 0.156 e. The van der Waals surface area contributed by atoms with Gasteiger partial charge in [0.05, 0.1) is 18.8 Å². The third-order valence-corrected chi connectivity index (χ3v) is 3.69. The van der Waals surface area contributed by atoms with E-state index in [9.17, 15) is 4.79 Å². The van der Waals surface area contributed by atoms with Crippen molar-refractivity contribution in [1.29, 1.82) is 0 Å². The molecule has 1 saturated heterocycles. The lowest BCUT2D eigenvalue weighted by Crippen LogP contribution is -2.54. The number of nitrogens with zero attached hydrogens (tertiary/aromatic N) is 1. The van der Waals surface area contributed by atoms with E-state index in [1.807, 2.05) is 44.2 Å². The second kappa shape index (κ2) is 5.63. The minimum Gasteiger partial charge on any atom is -0.379 e. The second-order valence-corrected chi connectivity index (χ2v) is 5.24. The van der Waals surface area contributed by atoms with E-state index in [2.05, 4.69) is 4.90 Å². The molecule has 18 heavy (non-hydrogen) atoms. The van der Waals surface area contributed by atoms with Gasteiger partial charge in [0.2, 0.25) is 0 Å². The lowest BCUT2D eigenvalue weighted by Gasteiger charge is -2.39. The first-order valence-corrected chi connectivity index (χ1v) is 6.51. The van der Waals surface area contributed by atoms with Gasteiger partial charge in [-0.25, -0.2) is 0 Å². The van der Waals surface area contributed by atoms with Gasteiger partial charge < -0.3 is 4.74 Å². The molecular weight excluding hydrogens is 226 g/mol. The molecule has 0 aliphatic carbocycles. The molecule has 1 aliphatic heterocycles. The Morgan fingerprint density at radius 1 is 1.22 bits per heavy atom. The number of Topliss-reactive ketones (excluding diaryl/α,β-unsaturated/α-hetero) is 1. The highest BCUT2D eigenvalue weighted by atomic mass is 16.5. The van der Waals surface area contributed by atoms with Crippen molar-refractivity contribution < 1.29 is 9.53 Å². The van der Waals surface area contributed by atoms with Gasteiger partial charge in [0.15, 0.2) is 5.78 Å². The number of carbonyl (C=O) groups excluding carboxylic acids is 1. The number of morpholine rings is 1. The summed E-state index contributed by atoms with van der Waals surface area (Å²) in [4.78, 5) is 14.7. The van der Waals surface area contributed by atoms with Crippen LogP contribution in [0.2, 0.25) is 0 Å². The van der Waals surface area contributed by atoms with Gasteiger partial charge in [-0.2, -0.15) is 0 Å². The maximum atomic E-state index is 12.5. The maximum Gasteiger partial charge on any atom is 0.156 e. The van der Waals surface area contributed by atoms with E-state index in [4.69, 9.17) is 4.74 Å². The van der Waals surface area contributed by atoms with Crippen molar-refractivity contribution in [2.45, 2.75) is 25.8 Å². The van der Waals surface area contributed by atoms with Crippen molar-refractivity contribution in [3.63, 3.8) is 0 Å². The molecule has 1 aromatic rings. The van der Waals surface area contributed by atoms with Crippen LogP contribution in [-0.2, 0) is 16.0 Å². The molecular formula is C15H21NO2. The van der Waals surface area contributed by atoms with Crippen molar-refractivity contribution >= 4 is 5.78 Å². The van der Waals surface area contributed by atoms with Crippen LogP contribution in [0.4, 0.5) is 0 Å². The van der Waals surface area contributed by atoms with Crippen LogP contribution >= 0.6 is 0 Å². The minimum atomic E-state index is -0.403. The van der Waals surface area contributed by atoms with Crippen LogP contribution in [0.3, 0.4) is 0 Å². The first kappa shape index (κ1) is 13.2. The van der Waals surface area contributed by atoms with Gasteiger partial charge in [-0.3, -0.25) is 9.69 Å². The summed E-state index contributed by atoms with van der Waals surface area (Å²) in [7, 11) is 0. The van der Waals surface area contributed by atoms with Crippen LogP contribution in [0, 0.1) is 0 Å². The number of ether oxygens (including phenoxy) is 1. The maximum absolute atomic E-state index is 12.5. The quantitative estimate of drug-likeness (QED) is 0.814. The zero-order chi connectivity index (χ0) is 13.0. The summed E-state index contributed by atoms with van der Waals surface area (Å²) >= 11 is 0. The van der Waals surface area contributed by atoms with Crippen molar-refractivity contribution in [3.05, 3.63) is 35.9 Å². The third-order valence-electron chi connectivity index (χ3n) is 3.69. The largest absolute Gasteiger partial charge is 0.379 e.